The van der Waals surface area contributed by atoms with E-state index in [4.69, 9.17) is 25.8 Å². The second kappa shape index (κ2) is 6.39. The summed E-state index contributed by atoms with van der Waals surface area (Å²) in [5.74, 6) is 0.291. The zero-order valence-corrected chi connectivity index (χ0v) is 16.6. The third-order valence-corrected chi connectivity index (χ3v) is 6.37. The Hall–Kier alpha value is -2.31. The van der Waals surface area contributed by atoms with Crippen LogP contribution in [0.1, 0.15) is 28.6 Å². The highest BCUT2D eigenvalue weighted by molar-refractivity contribution is 7.11. The first-order chi connectivity index (χ1) is 12.9. The summed E-state index contributed by atoms with van der Waals surface area (Å²) in [5.41, 5.74) is -0.462. The number of hydrogen-bond donors (Lipinski definition) is 0. The van der Waals surface area contributed by atoms with Gasteiger partial charge in [0.1, 0.15) is 22.1 Å². The van der Waals surface area contributed by atoms with Crippen molar-refractivity contribution in [3.05, 3.63) is 45.1 Å². The van der Waals surface area contributed by atoms with Gasteiger partial charge in [0, 0.05) is 28.9 Å². The number of allylic oxidation sites excluding steroid dienone is 1. The molecule has 27 heavy (non-hydrogen) atoms. The van der Waals surface area contributed by atoms with Crippen molar-refractivity contribution in [3.63, 3.8) is 0 Å². The maximum absolute atomic E-state index is 13.7. The molecular formula is C20H17ClO5S. The molecule has 5 nitrogen and oxygen atoms in total. The predicted octanol–water partition coefficient (Wildman–Crippen LogP) is 4.43. The average Bonchev–Trinajstić information content (AvgIpc) is 3.27. The molecule has 0 saturated carbocycles. The lowest BCUT2D eigenvalue weighted by Gasteiger charge is -2.37. The fourth-order valence-electron chi connectivity index (χ4n) is 3.83. The van der Waals surface area contributed by atoms with E-state index in [9.17, 15) is 9.59 Å². The third kappa shape index (κ3) is 2.43. The van der Waals surface area contributed by atoms with Crippen molar-refractivity contribution in [2.45, 2.75) is 18.9 Å². The van der Waals surface area contributed by atoms with Crippen LogP contribution in [-0.4, -0.2) is 31.4 Å². The first-order valence-corrected chi connectivity index (χ1v) is 9.67. The number of Topliss-reactive ketones (excluding diaryl/α,β-unsaturated/α-hetero) is 1. The van der Waals surface area contributed by atoms with Crippen molar-refractivity contribution in [1.29, 1.82) is 0 Å². The number of carbonyl (C=O) groups excluding carboxylic acids is 2. The van der Waals surface area contributed by atoms with E-state index in [1.165, 1.54) is 31.6 Å². The lowest BCUT2D eigenvalue weighted by molar-refractivity contribution is -0.116. The van der Waals surface area contributed by atoms with E-state index >= 15 is 0 Å². The SMILES string of the molecule is COc1cc(OC)c2c(c1Cl)O[C@]1(C2=O)C(c2cccs2)=CC(=O)C[C@H]1C. The van der Waals surface area contributed by atoms with Crippen molar-refractivity contribution >= 4 is 40.1 Å². The third-order valence-electron chi connectivity index (χ3n) is 5.11. The number of halogens is 1. The number of rotatable bonds is 3. The van der Waals surface area contributed by atoms with Gasteiger partial charge in [-0.05, 0) is 17.5 Å². The Balaban J connectivity index is 1.98. The van der Waals surface area contributed by atoms with Crippen LogP contribution in [0.15, 0.2) is 29.7 Å². The van der Waals surface area contributed by atoms with E-state index in [2.05, 4.69) is 0 Å². The maximum atomic E-state index is 13.7. The molecule has 0 unspecified atom stereocenters. The second-order valence-corrected chi connectivity index (χ2v) is 7.90. The van der Waals surface area contributed by atoms with Crippen molar-refractivity contribution in [2.24, 2.45) is 5.92 Å². The number of benzene rings is 1. The standard InChI is InChI=1S/C20H17ClO5S/c1-10-7-11(22)8-12(15-5-4-6-27-15)20(10)19(23)16-13(24-2)9-14(25-3)17(21)18(16)26-20/h4-6,8-10H,7H2,1-3H3/t10-,20+/m1/s1. The summed E-state index contributed by atoms with van der Waals surface area (Å²) in [7, 11) is 2.96. The zero-order chi connectivity index (χ0) is 19.3. The molecular weight excluding hydrogens is 388 g/mol. The van der Waals surface area contributed by atoms with Crippen LogP contribution in [0.4, 0.5) is 0 Å². The lowest BCUT2D eigenvalue weighted by atomic mass is 9.71. The minimum absolute atomic E-state index is 0.0282. The number of methoxy groups -OCH3 is 2. The Morgan fingerprint density at radius 3 is 2.63 bits per heavy atom. The van der Waals surface area contributed by atoms with E-state index in [-0.39, 0.29) is 40.2 Å². The molecule has 7 heteroatoms. The summed E-state index contributed by atoms with van der Waals surface area (Å²) in [4.78, 5) is 26.8. The van der Waals surface area contributed by atoms with Crippen LogP contribution in [0, 0.1) is 5.92 Å². The van der Waals surface area contributed by atoms with Gasteiger partial charge < -0.3 is 14.2 Å². The molecule has 1 aromatic heterocycles. The van der Waals surface area contributed by atoms with Gasteiger partial charge in [-0.3, -0.25) is 9.59 Å². The summed E-state index contributed by atoms with van der Waals surface area (Å²) in [6.07, 6.45) is 1.74. The van der Waals surface area contributed by atoms with Crippen molar-refractivity contribution in [3.8, 4) is 17.2 Å². The van der Waals surface area contributed by atoms with Gasteiger partial charge in [0.25, 0.3) is 0 Å². The van der Waals surface area contributed by atoms with Crippen LogP contribution in [0.25, 0.3) is 5.57 Å². The zero-order valence-electron chi connectivity index (χ0n) is 15.0. The maximum Gasteiger partial charge on any atom is 0.218 e. The molecule has 140 valence electrons. The van der Waals surface area contributed by atoms with E-state index < -0.39 is 5.60 Å². The van der Waals surface area contributed by atoms with Gasteiger partial charge in [0.2, 0.25) is 11.4 Å². The highest BCUT2D eigenvalue weighted by Crippen LogP contribution is 2.56. The lowest BCUT2D eigenvalue weighted by Crippen LogP contribution is -2.50. The number of ketones is 2. The summed E-state index contributed by atoms with van der Waals surface area (Å²) in [6.45, 7) is 1.85. The molecule has 1 aliphatic heterocycles. The van der Waals surface area contributed by atoms with E-state index in [0.717, 1.165) is 4.88 Å². The fourth-order valence-corrected chi connectivity index (χ4v) is 4.89. The van der Waals surface area contributed by atoms with Gasteiger partial charge in [-0.2, -0.15) is 0 Å². The van der Waals surface area contributed by atoms with Gasteiger partial charge in [-0.15, -0.1) is 11.3 Å². The molecule has 0 radical (unpaired) electrons. The molecule has 1 aromatic carbocycles. The van der Waals surface area contributed by atoms with Crippen LogP contribution in [-0.2, 0) is 4.79 Å². The topological polar surface area (TPSA) is 61.8 Å². The number of thiophene rings is 1. The van der Waals surface area contributed by atoms with Gasteiger partial charge in [0.05, 0.1) is 14.2 Å². The monoisotopic (exact) mass is 404 g/mol. The number of carbonyl (C=O) groups is 2. The highest BCUT2D eigenvalue weighted by Gasteiger charge is 2.59. The molecule has 0 fully saturated rings. The molecule has 1 aliphatic carbocycles. The van der Waals surface area contributed by atoms with E-state index in [0.29, 0.717) is 17.1 Å². The number of hydrogen-bond acceptors (Lipinski definition) is 6. The molecule has 2 aromatic rings. The number of ether oxygens (including phenoxy) is 3. The molecule has 2 heterocycles. The predicted molar refractivity (Wildman–Crippen MR) is 103 cm³/mol. The second-order valence-electron chi connectivity index (χ2n) is 6.57. The molecule has 0 amide bonds. The van der Waals surface area contributed by atoms with Crippen LogP contribution in [0.3, 0.4) is 0 Å². The minimum Gasteiger partial charge on any atom is -0.496 e. The smallest absolute Gasteiger partial charge is 0.218 e. The molecule has 2 aliphatic rings. The first-order valence-electron chi connectivity index (χ1n) is 8.41. The average molecular weight is 405 g/mol. The molecule has 1 spiro atoms. The Morgan fingerprint density at radius 2 is 2.00 bits per heavy atom. The Kier molecular flexibility index (Phi) is 4.28. The summed E-state index contributed by atoms with van der Waals surface area (Å²) < 4.78 is 17.0. The van der Waals surface area contributed by atoms with Gasteiger partial charge in [-0.1, -0.05) is 24.6 Å². The summed E-state index contributed by atoms with van der Waals surface area (Å²) in [5, 5.41) is 2.12. The minimum atomic E-state index is -1.32. The fraction of sp³-hybridized carbons (Fsp3) is 0.300. The first kappa shape index (κ1) is 18.1. The van der Waals surface area contributed by atoms with Gasteiger partial charge in [0.15, 0.2) is 11.5 Å². The van der Waals surface area contributed by atoms with Crippen molar-refractivity contribution < 1.29 is 23.8 Å². The molecule has 0 bridgehead atoms. The largest absolute Gasteiger partial charge is 0.496 e. The molecule has 4 rings (SSSR count). The Morgan fingerprint density at radius 1 is 1.26 bits per heavy atom. The van der Waals surface area contributed by atoms with Crippen LogP contribution < -0.4 is 14.2 Å². The highest BCUT2D eigenvalue weighted by atomic mass is 35.5. The Bertz CT molecular complexity index is 979. The van der Waals surface area contributed by atoms with Gasteiger partial charge in [-0.25, -0.2) is 0 Å². The van der Waals surface area contributed by atoms with Crippen LogP contribution >= 0.6 is 22.9 Å². The quantitative estimate of drug-likeness (QED) is 0.757. The van der Waals surface area contributed by atoms with Crippen LogP contribution in [0.2, 0.25) is 5.02 Å². The van der Waals surface area contributed by atoms with Gasteiger partial charge >= 0.3 is 0 Å². The summed E-state index contributed by atoms with van der Waals surface area (Å²) in [6, 6.07) is 5.33. The van der Waals surface area contributed by atoms with Crippen molar-refractivity contribution in [1.82, 2.24) is 0 Å². The molecule has 0 saturated heterocycles. The van der Waals surface area contributed by atoms with Crippen LogP contribution in [0.5, 0.6) is 17.2 Å². The van der Waals surface area contributed by atoms with E-state index in [1.807, 2.05) is 24.4 Å². The Labute approximate surface area is 165 Å². The normalized spacial score (nSPS) is 23.9. The molecule has 0 N–H and O–H groups in total. The van der Waals surface area contributed by atoms with E-state index in [1.54, 1.807) is 6.07 Å². The molecule has 2 atom stereocenters. The van der Waals surface area contributed by atoms with Crippen molar-refractivity contribution in [2.75, 3.05) is 14.2 Å². The summed E-state index contributed by atoms with van der Waals surface area (Å²) >= 11 is 7.91. The number of fused-ring (bicyclic) bond motifs is 1.